The van der Waals surface area contributed by atoms with Gasteiger partial charge < -0.3 is 10.6 Å². The van der Waals surface area contributed by atoms with Gasteiger partial charge in [-0.05, 0) is 26.1 Å². The largest absolute Gasteiger partial charge is 0.350 e. The summed E-state index contributed by atoms with van der Waals surface area (Å²) in [4.78, 5) is 20.1. The second-order valence-corrected chi connectivity index (χ2v) is 4.27. The fraction of sp³-hybridized carbons (Fsp3) is 0.308. The van der Waals surface area contributed by atoms with Crippen molar-refractivity contribution >= 4 is 5.91 Å². The predicted molar refractivity (Wildman–Crippen MR) is 72.2 cm³/mol. The van der Waals surface area contributed by atoms with Gasteiger partial charge in [-0.2, -0.15) is 0 Å². The molecule has 2 rings (SSSR count). The van der Waals surface area contributed by atoms with Crippen LogP contribution in [0, 0.1) is 0 Å². The van der Waals surface area contributed by atoms with E-state index >= 15 is 0 Å². The van der Waals surface area contributed by atoms with Crippen molar-refractivity contribution in [2.75, 3.05) is 13.6 Å². The molecule has 2 heterocycles. The van der Waals surface area contributed by atoms with Gasteiger partial charge in [0.2, 0.25) is 0 Å². The molecule has 0 radical (unpaired) electrons. The number of imidazole rings is 1. The van der Waals surface area contributed by atoms with Crippen LogP contribution >= 0.6 is 0 Å². The first-order valence-electron chi connectivity index (χ1n) is 6.10. The van der Waals surface area contributed by atoms with E-state index in [-0.39, 0.29) is 11.9 Å². The Morgan fingerprint density at radius 1 is 1.47 bits per heavy atom. The smallest absolute Gasteiger partial charge is 0.252 e. The van der Waals surface area contributed by atoms with Crippen LogP contribution in [0.1, 0.15) is 17.3 Å². The first-order chi connectivity index (χ1) is 9.20. The standard InChI is InChI=1S/C13H17N5O/c1-10(14-2)7-17-13(19)11-3-4-12(16-8-11)18-6-5-15-9-18/h3-6,8-10,14H,7H2,1-2H3,(H,17,19). The second kappa shape index (κ2) is 6.10. The van der Waals surface area contributed by atoms with E-state index in [1.165, 1.54) is 0 Å². The van der Waals surface area contributed by atoms with Crippen LogP contribution in [-0.4, -0.2) is 40.1 Å². The van der Waals surface area contributed by atoms with Crippen molar-refractivity contribution in [2.24, 2.45) is 0 Å². The zero-order valence-electron chi connectivity index (χ0n) is 11.0. The summed E-state index contributed by atoms with van der Waals surface area (Å²) in [6.07, 6.45) is 6.71. The number of hydrogen-bond donors (Lipinski definition) is 2. The number of carbonyl (C=O) groups excluding carboxylic acids is 1. The van der Waals surface area contributed by atoms with Crippen LogP contribution in [0.15, 0.2) is 37.1 Å². The van der Waals surface area contributed by atoms with Gasteiger partial charge in [0.15, 0.2) is 0 Å². The lowest BCUT2D eigenvalue weighted by molar-refractivity contribution is 0.0950. The Balaban J connectivity index is 2.00. The number of amides is 1. The molecule has 1 atom stereocenters. The van der Waals surface area contributed by atoms with Crippen molar-refractivity contribution in [1.29, 1.82) is 0 Å². The fourth-order valence-electron chi connectivity index (χ4n) is 1.52. The molecule has 0 aliphatic rings. The Morgan fingerprint density at radius 2 is 2.32 bits per heavy atom. The SMILES string of the molecule is CNC(C)CNC(=O)c1ccc(-n2ccnc2)nc1. The Bertz CT molecular complexity index is 520. The number of hydrogen-bond acceptors (Lipinski definition) is 4. The third-order valence-corrected chi connectivity index (χ3v) is 2.84. The second-order valence-electron chi connectivity index (χ2n) is 4.27. The molecule has 6 nitrogen and oxygen atoms in total. The van der Waals surface area contributed by atoms with E-state index in [0.29, 0.717) is 12.1 Å². The Morgan fingerprint density at radius 3 is 2.89 bits per heavy atom. The summed E-state index contributed by atoms with van der Waals surface area (Å²) < 4.78 is 1.78. The van der Waals surface area contributed by atoms with E-state index in [2.05, 4.69) is 20.6 Å². The number of carbonyl (C=O) groups is 1. The zero-order valence-corrected chi connectivity index (χ0v) is 11.0. The summed E-state index contributed by atoms with van der Waals surface area (Å²) >= 11 is 0. The number of nitrogens with zero attached hydrogens (tertiary/aromatic N) is 3. The van der Waals surface area contributed by atoms with Crippen LogP contribution in [0.5, 0.6) is 0 Å². The Hall–Kier alpha value is -2.21. The minimum atomic E-state index is -0.119. The summed E-state index contributed by atoms with van der Waals surface area (Å²) in [5, 5.41) is 5.90. The number of rotatable bonds is 5. The molecule has 0 saturated carbocycles. The quantitative estimate of drug-likeness (QED) is 0.825. The van der Waals surface area contributed by atoms with Gasteiger partial charge in [0, 0.05) is 31.2 Å². The number of nitrogens with one attached hydrogen (secondary N) is 2. The molecular formula is C13H17N5O. The van der Waals surface area contributed by atoms with E-state index in [9.17, 15) is 4.79 Å². The molecule has 0 aliphatic heterocycles. The Labute approximate surface area is 111 Å². The summed E-state index contributed by atoms with van der Waals surface area (Å²) in [7, 11) is 1.86. The molecule has 1 unspecified atom stereocenters. The summed E-state index contributed by atoms with van der Waals surface area (Å²) in [5.41, 5.74) is 0.548. The molecule has 0 bridgehead atoms. The number of pyridine rings is 1. The monoisotopic (exact) mass is 259 g/mol. The van der Waals surface area contributed by atoms with Gasteiger partial charge in [0.25, 0.3) is 5.91 Å². The van der Waals surface area contributed by atoms with E-state index in [1.54, 1.807) is 41.6 Å². The predicted octanol–water partition coefficient (Wildman–Crippen LogP) is 0.605. The molecule has 1 amide bonds. The lowest BCUT2D eigenvalue weighted by atomic mass is 10.2. The zero-order chi connectivity index (χ0) is 13.7. The molecule has 0 aromatic carbocycles. The third-order valence-electron chi connectivity index (χ3n) is 2.84. The molecule has 0 saturated heterocycles. The molecule has 0 aliphatic carbocycles. The first-order valence-corrected chi connectivity index (χ1v) is 6.10. The minimum Gasteiger partial charge on any atom is -0.350 e. The van der Waals surface area contributed by atoms with Gasteiger partial charge in [0.05, 0.1) is 5.56 Å². The highest BCUT2D eigenvalue weighted by Gasteiger charge is 2.07. The lowest BCUT2D eigenvalue weighted by Gasteiger charge is -2.11. The van der Waals surface area contributed by atoms with Crippen LogP contribution in [0.3, 0.4) is 0 Å². The number of likely N-dealkylation sites (N-methyl/N-ethyl adjacent to an activating group) is 1. The van der Waals surface area contributed by atoms with Crippen molar-refractivity contribution < 1.29 is 4.79 Å². The maximum Gasteiger partial charge on any atom is 0.252 e. The van der Waals surface area contributed by atoms with Crippen molar-refractivity contribution in [3.8, 4) is 5.82 Å². The highest BCUT2D eigenvalue weighted by Crippen LogP contribution is 2.05. The summed E-state index contributed by atoms with van der Waals surface area (Å²) in [5.74, 6) is 0.615. The van der Waals surface area contributed by atoms with Crippen LogP contribution in [0.2, 0.25) is 0 Å². The molecule has 100 valence electrons. The van der Waals surface area contributed by atoms with E-state index in [0.717, 1.165) is 5.82 Å². The topological polar surface area (TPSA) is 71.8 Å². The van der Waals surface area contributed by atoms with Crippen LogP contribution in [-0.2, 0) is 0 Å². The maximum atomic E-state index is 11.9. The minimum absolute atomic E-state index is 0.119. The number of aromatic nitrogens is 3. The molecular weight excluding hydrogens is 242 g/mol. The third kappa shape index (κ3) is 3.38. The molecule has 2 N–H and O–H groups in total. The van der Waals surface area contributed by atoms with Gasteiger partial charge in [-0.3, -0.25) is 9.36 Å². The molecule has 0 spiro atoms. The average molecular weight is 259 g/mol. The summed E-state index contributed by atoms with van der Waals surface area (Å²) in [6, 6.07) is 3.78. The highest BCUT2D eigenvalue weighted by molar-refractivity contribution is 5.93. The van der Waals surface area contributed by atoms with Crippen molar-refractivity contribution in [1.82, 2.24) is 25.2 Å². The van der Waals surface area contributed by atoms with Crippen LogP contribution in [0.4, 0.5) is 0 Å². The first kappa shape index (κ1) is 13.2. The Kier molecular flexibility index (Phi) is 4.25. The van der Waals surface area contributed by atoms with E-state index < -0.39 is 0 Å². The van der Waals surface area contributed by atoms with Gasteiger partial charge in [-0.1, -0.05) is 0 Å². The van der Waals surface area contributed by atoms with Crippen molar-refractivity contribution in [2.45, 2.75) is 13.0 Å². The van der Waals surface area contributed by atoms with Crippen molar-refractivity contribution in [3.05, 3.63) is 42.6 Å². The van der Waals surface area contributed by atoms with Gasteiger partial charge >= 0.3 is 0 Å². The van der Waals surface area contributed by atoms with Crippen LogP contribution in [0.25, 0.3) is 5.82 Å². The normalized spacial score (nSPS) is 12.1. The van der Waals surface area contributed by atoms with Crippen LogP contribution < -0.4 is 10.6 Å². The highest BCUT2D eigenvalue weighted by atomic mass is 16.1. The molecule has 6 heteroatoms. The molecule has 0 fully saturated rings. The maximum absolute atomic E-state index is 11.9. The van der Waals surface area contributed by atoms with Gasteiger partial charge in [0.1, 0.15) is 12.1 Å². The average Bonchev–Trinajstić information content (AvgIpc) is 2.98. The van der Waals surface area contributed by atoms with E-state index in [1.807, 2.05) is 14.0 Å². The van der Waals surface area contributed by atoms with Gasteiger partial charge in [-0.25, -0.2) is 9.97 Å². The van der Waals surface area contributed by atoms with E-state index in [4.69, 9.17) is 0 Å². The van der Waals surface area contributed by atoms with Gasteiger partial charge in [-0.15, -0.1) is 0 Å². The molecule has 2 aromatic heterocycles. The fourth-order valence-corrected chi connectivity index (χ4v) is 1.52. The summed E-state index contributed by atoms with van der Waals surface area (Å²) in [6.45, 7) is 2.58. The lowest BCUT2D eigenvalue weighted by Crippen LogP contribution is -2.37. The van der Waals surface area contributed by atoms with Crippen molar-refractivity contribution in [3.63, 3.8) is 0 Å². The molecule has 2 aromatic rings. The molecule has 19 heavy (non-hydrogen) atoms.